The first-order chi connectivity index (χ1) is 34.1. The van der Waals surface area contributed by atoms with Gasteiger partial charge in [-0.25, -0.2) is 0 Å². The molecule has 290 valence electrons. The van der Waals surface area contributed by atoms with E-state index in [2.05, 4.69) is 0 Å². The van der Waals surface area contributed by atoms with Crippen molar-refractivity contribution >= 4 is 71.3 Å². The summed E-state index contributed by atoms with van der Waals surface area (Å²) in [6, 6.07) is 56.8. The number of nitrogens with zero attached hydrogens (tertiary/aromatic N) is 1. The lowest BCUT2D eigenvalue weighted by molar-refractivity contribution is 0.673. The molecule has 62 heavy (non-hydrogen) atoms. The molecule has 0 saturated carbocycles. The molecule has 11 aromatic carbocycles. The maximum absolute atomic E-state index is 9.91. The molecule has 12 aromatic rings. The van der Waals surface area contributed by atoms with E-state index in [1.165, 1.54) is 4.90 Å². The molecule has 0 spiro atoms. The van der Waals surface area contributed by atoms with E-state index < -0.39 is 24.2 Å². The molecule has 0 aliphatic heterocycles. The topological polar surface area (TPSA) is 16.4 Å². The largest absolute Gasteiger partial charge is 0.455 e. The van der Waals surface area contributed by atoms with Crippen LogP contribution in [0.25, 0.3) is 98.8 Å². The quantitative estimate of drug-likeness (QED) is 0.160. The molecule has 0 unspecified atom stereocenters. The Bertz CT molecular complexity index is 4070. The molecule has 0 aliphatic rings. The number of para-hydroxylation sites is 2. The summed E-state index contributed by atoms with van der Waals surface area (Å²) in [5.74, 6) is 0. The Labute approximate surface area is 371 Å². The van der Waals surface area contributed by atoms with Crippen LogP contribution in [0.5, 0.6) is 0 Å². The molecule has 0 radical (unpaired) electrons. The molecule has 2 heteroatoms. The second-order valence-corrected chi connectivity index (χ2v) is 15.4. The molecule has 0 aliphatic carbocycles. The number of fused-ring (bicyclic) bond motifs is 7. The van der Waals surface area contributed by atoms with E-state index in [9.17, 15) is 11.0 Å². The number of anilines is 3. The Balaban J connectivity index is 1.13. The predicted molar refractivity (Wildman–Crippen MR) is 263 cm³/mol. The van der Waals surface area contributed by atoms with Gasteiger partial charge in [-0.1, -0.05) is 188 Å². The van der Waals surface area contributed by atoms with Gasteiger partial charge in [0.05, 0.1) is 16.7 Å². The van der Waals surface area contributed by atoms with Crippen molar-refractivity contribution in [1.29, 1.82) is 0 Å². The molecule has 1 heterocycles. The van der Waals surface area contributed by atoms with Crippen molar-refractivity contribution in [3.05, 3.63) is 236 Å². The number of hydrogen-bond donors (Lipinski definition) is 0. The zero-order valence-electron chi connectivity index (χ0n) is 41.3. The van der Waals surface area contributed by atoms with Crippen molar-refractivity contribution in [3.8, 4) is 44.5 Å². The lowest BCUT2D eigenvalue weighted by Gasteiger charge is -2.28. The van der Waals surface area contributed by atoms with Gasteiger partial charge in [-0.15, -0.1) is 0 Å². The molecular weight excluding hydrogens is 751 g/mol. The van der Waals surface area contributed by atoms with Crippen molar-refractivity contribution in [2.75, 3.05) is 4.90 Å². The number of furan rings is 1. The Hall–Kier alpha value is -8.20. The van der Waals surface area contributed by atoms with E-state index >= 15 is 0 Å². The second kappa shape index (κ2) is 14.8. The van der Waals surface area contributed by atoms with E-state index in [1.807, 2.05) is 164 Å². The fourth-order valence-electron chi connectivity index (χ4n) is 8.90. The Morgan fingerprint density at radius 3 is 1.58 bits per heavy atom. The molecule has 0 saturated heterocycles. The molecule has 0 bridgehead atoms. The van der Waals surface area contributed by atoms with Gasteiger partial charge in [0.1, 0.15) is 11.2 Å². The second-order valence-electron chi connectivity index (χ2n) is 15.4. The third-order valence-electron chi connectivity index (χ3n) is 11.8. The standard InChI is InChI=1S/C60H39NO/c1-3-20-49-41(13-1)15-10-24-51(49)43-31-36-48(37-32-43)61(47-34-29-40(30-35-47)45-18-9-19-46(39-45)52-25-11-16-42-14-2-4-21-50(42)52)57-27-7-5-22-53(57)55-26-12-17-44-33-38-56-54-23-6-8-28-58(54)62-60(56)59(44)55/h1-39H/i29D,30D,31D,32D,34D,35D,36D,37D. The number of hydrogen-bond acceptors (Lipinski definition) is 2. The predicted octanol–water partition coefficient (Wildman–Crippen LogP) is 17.2. The summed E-state index contributed by atoms with van der Waals surface area (Å²) in [6.07, 6.45) is 0. The van der Waals surface area contributed by atoms with E-state index in [1.54, 1.807) is 24.3 Å². The zero-order chi connectivity index (χ0) is 47.9. The lowest BCUT2D eigenvalue weighted by Crippen LogP contribution is -2.11. The Morgan fingerprint density at radius 2 is 0.855 bits per heavy atom. The molecule has 12 rings (SSSR count). The lowest BCUT2D eigenvalue weighted by atomic mass is 9.94. The van der Waals surface area contributed by atoms with Gasteiger partial charge in [-0.2, -0.15) is 0 Å². The molecule has 0 N–H and O–H groups in total. The summed E-state index contributed by atoms with van der Waals surface area (Å²) < 4.78 is 84.9. The van der Waals surface area contributed by atoms with Gasteiger partial charge in [0.2, 0.25) is 0 Å². The van der Waals surface area contributed by atoms with Crippen LogP contribution < -0.4 is 4.90 Å². The summed E-state index contributed by atoms with van der Waals surface area (Å²) in [5, 5.41) is 7.25. The van der Waals surface area contributed by atoms with Crippen LogP contribution in [0.15, 0.2) is 241 Å². The fourth-order valence-corrected chi connectivity index (χ4v) is 8.90. The highest BCUT2D eigenvalue weighted by atomic mass is 16.3. The van der Waals surface area contributed by atoms with E-state index in [0.717, 1.165) is 59.8 Å². The van der Waals surface area contributed by atoms with Gasteiger partial charge in [0.25, 0.3) is 0 Å². The molecule has 0 fully saturated rings. The molecule has 0 amide bonds. The average Bonchev–Trinajstić information content (AvgIpc) is 3.78. The van der Waals surface area contributed by atoms with Gasteiger partial charge < -0.3 is 9.32 Å². The average molecular weight is 798 g/mol. The third-order valence-corrected chi connectivity index (χ3v) is 11.8. The van der Waals surface area contributed by atoms with Crippen LogP contribution >= 0.6 is 0 Å². The first-order valence-corrected chi connectivity index (χ1v) is 20.6. The van der Waals surface area contributed by atoms with Crippen LogP contribution in [0, 0.1) is 0 Å². The SMILES string of the molecule is [2H]c1c([2H])c(N(c2ccccc2-c2cccc3ccc4c5ccccc5oc4c23)c2c([2H])c([2H])c(-c3cccc4ccccc34)c([2H])c2[2H])c([2H])c([2H])c1-c1cccc(-c2cccc3ccccc23)c1. The normalized spacial score (nSPS) is 13.4. The highest BCUT2D eigenvalue weighted by molar-refractivity contribution is 6.19. The monoisotopic (exact) mass is 797 g/mol. The smallest absolute Gasteiger partial charge is 0.143 e. The van der Waals surface area contributed by atoms with E-state index in [4.69, 9.17) is 4.42 Å². The van der Waals surface area contributed by atoms with Gasteiger partial charge in [-0.3, -0.25) is 0 Å². The maximum atomic E-state index is 9.91. The summed E-state index contributed by atoms with van der Waals surface area (Å²) in [5.41, 5.74) is 5.50. The molecule has 0 atom stereocenters. The van der Waals surface area contributed by atoms with Crippen LogP contribution in [0.2, 0.25) is 0 Å². The van der Waals surface area contributed by atoms with Crippen LogP contribution in [0.3, 0.4) is 0 Å². The van der Waals surface area contributed by atoms with Crippen molar-refractivity contribution in [3.63, 3.8) is 0 Å². The first kappa shape index (κ1) is 28.3. The van der Waals surface area contributed by atoms with Gasteiger partial charge in [-0.05, 0) is 114 Å². The Morgan fingerprint density at radius 1 is 0.339 bits per heavy atom. The minimum absolute atomic E-state index is 0.0845. The Kier molecular flexibility index (Phi) is 6.76. The zero-order valence-corrected chi connectivity index (χ0v) is 33.3. The maximum Gasteiger partial charge on any atom is 0.143 e. The van der Waals surface area contributed by atoms with Crippen molar-refractivity contribution < 1.29 is 15.4 Å². The van der Waals surface area contributed by atoms with Crippen LogP contribution in [-0.4, -0.2) is 0 Å². The third kappa shape index (κ3) is 6.04. The fraction of sp³-hybridized carbons (Fsp3) is 0. The summed E-state index contributed by atoms with van der Waals surface area (Å²) in [7, 11) is 0. The first-order valence-electron chi connectivity index (χ1n) is 24.6. The van der Waals surface area contributed by atoms with Gasteiger partial charge >= 0.3 is 0 Å². The van der Waals surface area contributed by atoms with E-state index in [0.29, 0.717) is 33.5 Å². The minimum atomic E-state index is -0.422. The van der Waals surface area contributed by atoms with E-state index in [-0.39, 0.29) is 46.7 Å². The molecule has 1 aromatic heterocycles. The summed E-state index contributed by atoms with van der Waals surface area (Å²) >= 11 is 0. The highest BCUT2D eigenvalue weighted by Gasteiger charge is 2.21. The number of rotatable bonds is 7. The van der Waals surface area contributed by atoms with Crippen molar-refractivity contribution in [1.82, 2.24) is 0 Å². The van der Waals surface area contributed by atoms with Gasteiger partial charge in [0.15, 0.2) is 0 Å². The minimum Gasteiger partial charge on any atom is -0.455 e. The highest BCUT2D eigenvalue weighted by Crippen LogP contribution is 2.46. The van der Waals surface area contributed by atoms with Gasteiger partial charge in [0, 0.05) is 33.1 Å². The molecule has 2 nitrogen and oxygen atoms in total. The summed E-state index contributed by atoms with van der Waals surface area (Å²) in [4.78, 5) is 1.40. The number of benzene rings is 11. The van der Waals surface area contributed by atoms with Crippen molar-refractivity contribution in [2.24, 2.45) is 0 Å². The van der Waals surface area contributed by atoms with Crippen molar-refractivity contribution in [2.45, 2.75) is 0 Å². The summed E-state index contributed by atoms with van der Waals surface area (Å²) in [6.45, 7) is 0. The van der Waals surface area contributed by atoms with Crippen LogP contribution in [0.1, 0.15) is 11.0 Å². The van der Waals surface area contributed by atoms with Crippen LogP contribution in [-0.2, 0) is 0 Å². The molecular formula is C60H39NO. The van der Waals surface area contributed by atoms with Crippen LogP contribution in [0.4, 0.5) is 17.1 Å².